The lowest BCUT2D eigenvalue weighted by atomic mass is 9.87. The molecule has 3 saturated carbocycles. The zero-order chi connectivity index (χ0) is 8.23. The van der Waals surface area contributed by atoms with Gasteiger partial charge >= 0.3 is 0 Å². The Morgan fingerprint density at radius 2 is 2.08 bits per heavy atom. The molecule has 0 aliphatic heterocycles. The van der Waals surface area contributed by atoms with Crippen LogP contribution in [0.2, 0.25) is 0 Å². The topological polar surface area (TPSA) is 26.0 Å². The van der Waals surface area contributed by atoms with Gasteiger partial charge in [0.15, 0.2) is 0 Å². The van der Waals surface area contributed by atoms with Gasteiger partial charge in [-0.3, -0.25) is 0 Å². The summed E-state index contributed by atoms with van der Waals surface area (Å²) in [5, 5.41) is 0. The minimum atomic E-state index is 0.840. The van der Waals surface area contributed by atoms with Crippen LogP contribution in [0.4, 0.5) is 0 Å². The van der Waals surface area contributed by atoms with Crippen molar-refractivity contribution in [1.82, 2.24) is 0 Å². The third kappa shape index (κ3) is 0.693. The fourth-order valence-electron chi connectivity index (χ4n) is 4.08. The summed E-state index contributed by atoms with van der Waals surface area (Å²) in [5.74, 6) is 1.02. The fraction of sp³-hybridized carbons (Fsp3) is 1.00. The molecule has 68 valence electrons. The Morgan fingerprint density at radius 1 is 1.25 bits per heavy atom. The molecule has 0 aromatic heterocycles. The van der Waals surface area contributed by atoms with Crippen LogP contribution in [0.3, 0.4) is 0 Å². The third-order valence-electron chi connectivity index (χ3n) is 4.91. The average molecular weight is 165 g/mol. The van der Waals surface area contributed by atoms with Crippen molar-refractivity contribution >= 4 is 0 Å². The molecule has 12 heavy (non-hydrogen) atoms. The van der Waals surface area contributed by atoms with Crippen molar-refractivity contribution < 1.29 is 0 Å². The highest BCUT2D eigenvalue weighted by Crippen LogP contribution is 2.85. The first-order valence-corrected chi connectivity index (χ1v) is 5.53. The quantitative estimate of drug-likeness (QED) is 0.667. The Kier molecular flexibility index (Phi) is 1.27. The molecule has 2 unspecified atom stereocenters. The Hall–Kier alpha value is -0.0400. The maximum Gasteiger partial charge on any atom is -0.00744 e. The van der Waals surface area contributed by atoms with E-state index < -0.39 is 0 Å². The normalized spacial score (nSPS) is 47.2. The van der Waals surface area contributed by atoms with Crippen molar-refractivity contribution in [2.45, 2.75) is 44.9 Å². The van der Waals surface area contributed by atoms with Crippen LogP contribution in [0, 0.1) is 16.7 Å². The van der Waals surface area contributed by atoms with Gasteiger partial charge in [0.1, 0.15) is 0 Å². The molecular formula is C11H19N. The Morgan fingerprint density at radius 3 is 2.67 bits per heavy atom. The van der Waals surface area contributed by atoms with Crippen LogP contribution >= 0.6 is 0 Å². The van der Waals surface area contributed by atoms with E-state index in [1.54, 1.807) is 19.3 Å². The van der Waals surface area contributed by atoms with Gasteiger partial charge in [0.2, 0.25) is 0 Å². The van der Waals surface area contributed by atoms with Crippen LogP contribution in [0.5, 0.6) is 0 Å². The SMILES string of the molecule is NCCC1CCCC12CC21CC1. The van der Waals surface area contributed by atoms with Crippen LogP contribution < -0.4 is 5.73 Å². The second kappa shape index (κ2) is 2.06. The summed E-state index contributed by atoms with van der Waals surface area (Å²) in [6.07, 6.45) is 10.5. The summed E-state index contributed by atoms with van der Waals surface area (Å²) < 4.78 is 0. The molecule has 0 heterocycles. The van der Waals surface area contributed by atoms with Crippen LogP contribution in [0.1, 0.15) is 44.9 Å². The second-order valence-corrected chi connectivity index (χ2v) is 5.28. The predicted octanol–water partition coefficient (Wildman–Crippen LogP) is 2.31. The first-order valence-electron chi connectivity index (χ1n) is 5.53. The van der Waals surface area contributed by atoms with E-state index in [1.807, 2.05) is 0 Å². The fourth-order valence-corrected chi connectivity index (χ4v) is 4.08. The maximum absolute atomic E-state index is 5.67. The molecule has 0 aromatic rings. The predicted molar refractivity (Wildman–Crippen MR) is 49.7 cm³/mol. The highest BCUT2D eigenvalue weighted by molar-refractivity contribution is 5.25. The van der Waals surface area contributed by atoms with Crippen molar-refractivity contribution in [2.75, 3.05) is 6.54 Å². The smallest absolute Gasteiger partial charge is 0.00744 e. The molecule has 0 amide bonds. The molecule has 2 N–H and O–H groups in total. The molecule has 3 aliphatic carbocycles. The average Bonchev–Trinajstić information content (AvgIpc) is 2.90. The number of rotatable bonds is 2. The number of hydrogen-bond donors (Lipinski definition) is 1. The molecule has 0 saturated heterocycles. The van der Waals surface area contributed by atoms with Gasteiger partial charge in [-0.1, -0.05) is 6.42 Å². The minimum Gasteiger partial charge on any atom is -0.330 e. The summed E-state index contributed by atoms with van der Waals surface area (Å²) in [4.78, 5) is 0. The standard InChI is InChI=1S/C11H19N/c12-7-3-9-2-1-4-11(9)8-10(11)5-6-10/h9H,1-8,12H2. The molecule has 3 fully saturated rings. The molecule has 0 aromatic carbocycles. The first-order chi connectivity index (χ1) is 5.83. The van der Waals surface area contributed by atoms with E-state index in [4.69, 9.17) is 5.73 Å². The summed E-state index contributed by atoms with van der Waals surface area (Å²) >= 11 is 0. The molecule has 2 spiro atoms. The monoisotopic (exact) mass is 165 g/mol. The highest BCUT2D eigenvalue weighted by Gasteiger charge is 2.76. The van der Waals surface area contributed by atoms with Gasteiger partial charge in [-0.25, -0.2) is 0 Å². The first kappa shape index (κ1) is 7.37. The van der Waals surface area contributed by atoms with E-state index in [9.17, 15) is 0 Å². The van der Waals surface area contributed by atoms with E-state index in [0.717, 1.165) is 23.3 Å². The highest BCUT2D eigenvalue weighted by atomic mass is 14.8. The third-order valence-corrected chi connectivity index (χ3v) is 4.91. The molecular weight excluding hydrogens is 146 g/mol. The Labute approximate surface area is 74.7 Å². The Bertz CT molecular complexity index is 203. The molecule has 2 atom stereocenters. The number of hydrogen-bond acceptors (Lipinski definition) is 1. The molecule has 1 heteroatoms. The van der Waals surface area contributed by atoms with Gasteiger partial charge in [-0.15, -0.1) is 0 Å². The lowest BCUT2D eigenvalue weighted by Crippen LogP contribution is -2.16. The van der Waals surface area contributed by atoms with Crippen molar-refractivity contribution in [3.63, 3.8) is 0 Å². The number of fused-ring (bicyclic) bond motifs is 1. The molecule has 0 bridgehead atoms. The second-order valence-electron chi connectivity index (χ2n) is 5.28. The minimum absolute atomic E-state index is 0.840. The van der Waals surface area contributed by atoms with Gasteiger partial charge < -0.3 is 5.73 Å². The molecule has 3 aliphatic rings. The largest absolute Gasteiger partial charge is 0.330 e. The van der Waals surface area contributed by atoms with E-state index in [2.05, 4.69) is 0 Å². The van der Waals surface area contributed by atoms with E-state index in [0.29, 0.717) is 0 Å². The van der Waals surface area contributed by atoms with E-state index >= 15 is 0 Å². The summed E-state index contributed by atoms with van der Waals surface area (Å²) in [5.41, 5.74) is 7.40. The van der Waals surface area contributed by atoms with Crippen molar-refractivity contribution in [2.24, 2.45) is 22.5 Å². The van der Waals surface area contributed by atoms with E-state index in [-0.39, 0.29) is 0 Å². The molecule has 1 nitrogen and oxygen atoms in total. The summed E-state index contributed by atoms with van der Waals surface area (Å²) in [6.45, 7) is 0.919. The summed E-state index contributed by atoms with van der Waals surface area (Å²) in [6, 6.07) is 0. The lowest BCUT2D eigenvalue weighted by molar-refractivity contribution is 0.308. The van der Waals surface area contributed by atoms with Crippen LogP contribution in [-0.4, -0.2) is 6.54 Å². The maximum atomic E-state index is 5.67. The zero-order valence-corrected chi connectivity index (χ0v) is 7.81. The van der Waals surface area contributed by atoms with Crippen molar-refractivity contribution in [3.8, 4) is 0 Å². The van der Waals surface area contributed by atoms with Gasteiger partial charge in [0.05, 0.1) is 0 Å². The van der Waals surface area contributed by atoms with Gasteiger partial charge in [-0.05, 0) is 61.8 Å². The zero-order valence-electron chi connectivity index (χ0n) is 7.81. The molecule has 3 rings (SSSR count). The van der Waals surface area contributed by atoms with Crippen molar-refractivity contribution in [3.05, 3.63) is 0 Å². The van der Waals surface area contributed by atoms with Gasteiger partial charge in [0, 0.05) is 0 Å². The van der Waals surface area contributed by atoms with Crippen molar-refractivity contribution in [1.29, 1.82) is 0 Å². The van der Waals surface area contributed by atoms with E-state index in [1.165, 1.54) is 25.7 Å². The number of nitrogens with two attached hydrogens (primary N) is 1. The van der Waals surface area contributed by atoms with Crippen LogP contribution in [0.15, 0.2) is 0 Å². The van der Waals surface area contributed by atoms with Crippen LogP contribution in [0.25, 0.3) is 0 Å². The van der Waals surface area contributed by atoms with Gasteiger partial charge in [-0.2, -0.15) is 0 Å². The Balaban J connectivity index is 1.77. The van der Waals surface area contributed by atoms with Gasteiger partial charge in [0.25, 0.3) is 0 Å². The van der Waals surface area contributed by atoms with Crippen LogP contribution in [-0.2, 0) is 0 Å². The molecule has 0 radical (unpaired) electrons. The summed E-state index contributed by atoms with van der Waals surface area (Å²) in [7, 11) is 0. The lowest BCUT2D eigenvalue weighted by Gasteiger charge is -2.19.